The maximum Gasteiger partial charge on any atom is 0.302 e. The first kappa shape index (κ1) is 27.7. The van der Waals surface area contributed by atoms with Gasteiger partial charge in [0.05, 0.1) is 34.7 Å². The van der Waals surface area contributed by atoms with Gasteiger partial charge in [0, 0.05) is 24.5 Å². The zero-order valence-corrected chi connectivity index (χ0v) is 22.2. The Morgan fingerprint density at radius 1 is 1.08 bits per heavy atom. The molecule has 3 unspecified atom stereocenters. The van der Waals surface area contributed by atoms with Gasteiger partial charge in [-0.05, 0) is 49.2 Å². The van der Waals surface area contributed by atoms with Crippen LogP contribution in [0, 0.1) is 17.6 Å². The van der Waals surface area contributed by atoms with Crippen LogP contribution in [0.25, 0.3) is 0 Å². The van der Waals surface area contributed by atoms with Gasteiger partial charge < -0.3 is 14.2 Å². The maximum atomic E-state index is 15.4. The number of hydrogen-bond acceptors (Lipinski definition) is 8. The first-order chi connectivity index (χ1) is 17.4. The van der Waals surface area contributed by atoms with Crippen LogP contribution in [0.5, 0.6) is 5.75 Å². The van der Waals surface area contributed by atoms with Crippen LogP contribution in [0.4, 0.5) is 8.78 Å². The molecule has 0 aromatic heterocycles. The molecule has 1 fully saturated rings. The second kappa shape index (κ2) is 10.5. The minimum absolute atomic E-state index is 0.124. The molecule has 0 bridgehead atoms. The van der Waals surface area contributed by atoms with E-state index in [4.69, 9.17) is 25.8 Å². The minimum Gasteiger partial charge on any atom is -0.490 e. The molecule has 0 saturated carbocycles. The van der Waals surface area contributed by atoms with Gasteiger partial charge in [0.15, 0.2) is 31.2 Å². The van der Waals surface area contributed by atoms with Gasteiger partial charge in [-0.25, -0.2) is 25.6 Å². The fourth-order valence-corrected chi connectivity index (χ4v) is 8.65. The quantitative estimate of drug-likeness (QED) is 0.438. The summed E-state index contributed by atoms with van der Waals surface area (Å²) in [6.07, 6.45) is -1.29. The molecule has 202 valence electrons. The maximum absolute atomic E-state index is 15.4. The van der Waals surface area contributed by atoms with Gasteiger partial charge in [-0.3, -0.25) is 4.79 Å². The topological polar surface area (TPSA) is 113 Å². The molecule has 3 atom stereocenters. The lowest BCUT2D eigenvalue weighted by atomic mass is 9.75. The molecule has 0 spiro atoms. The highest BCUT2D eigenvalue weighted by atomic mass is 35.5. The van der Waals surface area contributed by atoms with Crippen molar-refractivity contribution in [2.75, 3.05) is 31.3 Å². The van der Waals surface area contributed by atoms with Gasteiger partial charge in [-0.2, -0.15) is 0 Å². The third-order valence-electron chi connectivity index (χ3n) is 6.76. The van der Waals surface area contributed by atoms with Crippen LogP contribution in [0.2, 0.25) is 5.02 Å². The molecule has 2 heterocycles. The van der Waals surface area contributed by atoms with E-state index >= 15 is 4.39 Å². The molecule has 0 aliphatic carbocycles. The van der Waals surface area contributed by atoms with E-state index in [-0.39, 0.29) is 37.6 Å². The van der Waals surface area contributed by atoms with Gasteiger partial charge in [-0.1, -0.05) is 11.6 Å². The highest BCUT2D eigenvalue weighted by molar-refractivity contribution is 7.92. The number of halogens is 3. The number of sulfone groups is 2. The SMILES string of the molecule is CC(=O)OCCS(=O)(=O)CCC1OCCC2(S(=O)(=O)c3ccc(Cl)cc3)c3c(F)ccc(F)c3OCC12. The Bertz CT molecular complexity index is 1400. The second-order valence-corrected chi connectivity index (χ2v) is 13.9. The lowest BCUT2D eigenvalue weighted by Crippen LogP contribution is -2.57. The Balaban J connectivity index is 1.76. The number of hydrogen-bond donors (Lipinski definition) is 0. The first-order valence-electron chi connectivity index (χ1n) is 11.5. The van der Waals surface area contributed by atoms with Crippen LogP contribution in [0.1, 0.15) is 25.3 Å². The van der Waals surface area contributed by atoms with Crippen LogP contribution >= 0.6 is 11.6 Å². The van der Waals surface area contributed by atoms with Crippen molar-refractivity contribution in [1.29, 1.82) is 0 Å². The van der Waals surface area contributed by atoms with Crippen LogP contribution in [-0.2, 0) is 38.7 Å². The van der Waals surface area contributed by atoms with Crippen molar-refractivity contribution in [2.24, 2.45) is 5.92 Å². The van der Waals surface area contributed by atoms with Crippen molar-refractivity contribution in [1.82, 2.24) is 0 Å². The normalized spacial score (nSPS) is 23.5. The average molecular weight is 579 g/mol. The summed E-state index contributed by atoms with van der Waals surface area (Å²) in [7, 11) is -8.09. The van der Waals surface area contributed by atoms with Gasteiger partial charge in [0.25, 0.3) is 0 Å². The predicted molar refractivity (Wildman–Crippen MR) is 130 cm³/mol. The van der Waals surface area contributed by atoms with E-state index < -0.39 is 76.9 Å². The zero-order valence-electron chi connectivity index (χ0n) is 19.8. The van der Waals surface area contributed by atoms with Crippen molar-refractivity contribution in [3.8, 4) is 5.75 Å². The molecule has 2 aliphatic heterocycles. The number of ether oxygens (including phenoxy) is 3. The summed E-state index contributed by atoms with van der Waals surface area (Å²) in [5.41, 5.74) is -0.426. The standard InChI is InChI=1S/C24H25ClF2O8S2/c1-15(28)33-11-13-36(29,30)12-8-21-18-14-35-23-20(27)7-6-19(26)22(23)24(18,9-10-34-21)37(31,32)17-4-2-16(25)3-5-17/h2-7,18,21H,8-14H2,1H3. The van der Waals surface area contributed by atoms with E-state index in [1.807, 2.05) is 0 Å². The molecule has 2 aromatic rings. The van der Waals surface area contributed by atoms with E-state index in [1.165, 1.54) is 24.3 Å². The van der Waals surface area contributed by atoms with Crippen molar-refractivity contribution in [2.45, 2.75) is 35.5 Å². The average Bonchev–Trinajstić information content (AvgIpc) is 2.84. The summed E-state index contributed by atoms with van der Waals surface area (Å²) < 4.78 is 97.7. The van der Waals surface area contributed by atoms with Crippen molar-refractivity contribution in [3.05, 3.63) is 58.6 Å². The smallest absolute Gasteiger partial charge is 0.302 e. The van der Waals surface area contributed by atoms with E-state index in [0.29, 0.717) is 5.02 Å². The lowest BCUT2D eigenvalue weighted by Gasteiger charge is -2.50. The molecule has 1 saturated heterocycles. The Morgan fingerprint density at radius 3 is 2.43 bits per heavy atom. The Morgan fingerprint density at radius 2 is 1.76 bits per heavy atom. The van der Waals surface area contributed by atoms with Gasteiger partial charge in [0.1, 0.15) is 17.2 Å². The highest BCUT2D eigenvalue weighted by Crippen LogP contribution is 2.55. The number of carbonyl (C=O) groups is 1. The molecule has 0 radical (unpaired) electrons. The number of esters is 1. The molecular formula is C24H25ClF2O8S2. The Hall–Kier alpha value is -2.28. The second-order valence-electron chi connectivity index (χ2n) is 8.94. The fraction of sp³-hybridized carbons (Fsp3) is 0.458. The monoisotopic (exact) mass is 578 g/mol. The van der Waals surface area contributed by atoms with Crippen LogP contribution in [0.3, 0.4) is 0 Å². The molecule has 37 heavy (non-hydrogen) atoms. The molecule has 0 amide bonds. The molecule has 2 aromatic carbocycles. The minimum atomic E-state index is -4.40. The molecule has 13 heteroatoms. The summed E-state index contributed by atoms with van der Waals surface area (Å²) in [5, 5.41) is 0.293. The van der Waals surface area contributed by atoms with E-state index in [9.17, 15) is 26.0 Å². The predicted octanol–water partition coefficient (Wildman–Crippen LogP) is 3.45. The molecular weight excluding hydrogens is 554 g/mol. The highest BCUT2D eigenvalue weighted by Gasteiger charge is 2.61. The number of fused-ring (bicyclic) bond motifs is 3. The molecule has 4 rings (SSSR count). The largest absolute Gasteiger partial charge is 0.490 e. The molecule has 0 N–H and O–H groups in total. The molecule has 8 nitrogen and oxygen atoms in total. The van der Waals surface area contributed by atoms with Gasteiger partial charge in [0.2, 0.25) is 0 Å². The van der Waals surface area contributed by atoms with Crippen LogP contribution in [0.15, 0.2) is 41.3 Å². The third-order valence-corrected chi connectivity index (χ3v) is 11.2. The van der Waals surface area contributed by atoms with E-state index in [1.54, 1.807) is 0 Å². The van der Waals surface area contributed by atoms with Crippen LogP contribution in [-0.4, -0.2) is 60.2 Å². The number of carbonyl (C=O) groups excluding carboxylic acids is 1. The molecule has 2 aliphatic rings. The van der Waals surface area contributed by atoms with Crippen molar-refractivity contribution < 1.29 is 44.6 Å². The zero-order chi connectivity index (χ0) is 27.0. The number of rotatable bonds is 8. The van der Waals surface area contributed by atoms with Crippen LogP contribution < -0.4 is 4.74 Å². The first-order valence-corrected chi connectivity index (χ1v) is 15.1. The number of benzene rings is 2. The van der Waals surface area contributed by atoms with Crippen molar-refractivity contribution >= 4 is 37.2 Å². The Labute approximate surface area is 218 Å². The third kappa shape index (κ3) is 5.21. The summed E-state index contributed by atoms with van der Waals surface area (Å²) in [5.74, 6) is -4.82. The fourth-order valence-electron chi connectivity index (χ4n) is 5.04. The summed E-state index contributed by atoms with van der Waals surface area (Å²) in [6, 6.07) is 7.07. The summed E-state index contributed by atoms with van der Waals surface area (Å²) >= 11 is 5.94. The van der Waals surface area contributed by atoms with Gasteiger partial charge >= 0.3 is 5.97 Å². The van der Waals surface area contributed by atoms with E-state index in [2.05, 4.69) is 0 Å². The van der Waals surface area contributed by atoms with Gasteiger partial charge in [-0.15, -0.1) is 0 Å². The Kier molecular flexibility index (Phi) is 7.85. The lowest BCUT2D eigenvalue weighted by molar-refractivity contribution is -0.140. The van der Waals surface area contributed by atoms with Crippen molar-refractivity contribution in [3.63, 3.8) is 0 Å². The summed E-state index contributed by atoms with van der Waals surface area (Å²) in [4.78, 5) is 10.8. The summed E-state index contributed by atoms with van der Waals surface area (Å²) in [6.45, 7) is 0.365. The van der Waals surface area contributed by atoms with E-state index in [0.717, 1.165) is 19.1 Å².